The average molecular weight is 1030 g/mol. The summed E-state index contributed by atoms with van der Waals surface area (Å²) in [7, 11) is 0. The molecule has 0 aliphatic heterocycles. The molecule has 0 spiro atoms. The van der Waals surface area contributed by atoms with Crippen molar-refractivity contribution in [3.05, 3.63) is 24.3 Å². The van der Waals surface area contributed by atoms with Gasteiger partial charge in [0, 0.05) is 0 Å². The molecule has 0 bridgehead atoms. The number of aliphatic hydroxyl groups excluding tert-OH is 3. The van der Waals surface area contributed by atoms with Gasteiger partial charge >= 0.3 is 0 Å². The Kier molecular flexibility index (Phi) is 62.3. The van der Waals surface area contributed by atoms with Crippen LogP contribution in [0.25, 0.3) is 0 Å². The third-order valence-electron chi connectivity index (χ3n) is 16.0. The van der Waals surface area contributed by atoms with Gasteiger partial charge in [0.2, 0.25) is 5.91 Å². The molecule has 0 aromatic carbocycles. The predicted octanol–water partition coefficient (Wildman–Crippen LogP) is 21.6. The third kappa shape index (κ3) is 58.4. The SMILES string of the molecule is CCCCCCCCCCCCCCCCCCCC/C=C\CCCCCCCCCCCCCCCCCCC(O)C(=O)NC(CO)C(O)/C=C/CCCCCCCCCCCCCCCCCCCCC. The fourth-order valence-corrected chi connectivity index (χ4v) is 10.8. The number of carbonyl (C=O) groups excluding carboxylic acids is 1. The number of allylic oxidation sites excluding steroid dienone is 3. The number of nitrogens with one attached hydrogen (secondary N) is 1. The molecule has 73 heavy (non-hydrogen) atoms. The summed E-state index contributed by atoms with van der Waals surface area (Å²) in [6.07, 6.45) is 83.1. The molecule has 0 saturated heterocycles. The van der Waals surface area contributed by atoms with Gasteiger partial charge in [-0.25, -0.2) is 0 Å². The minimum atomic E-state index is -1.10. The zero-order chi connectivity index (χ0) is 52.9. The highest BCUT2D eigenvalue weighted by Gasteiger charge is 2.22. The number of carbonyl (C=O) groups is 1. The molecule has 0 aromatic heterocycles. The largest absolute Gasteiger partial charge is 0.394 e. The fourth-order valence-electron chi connectivity index (χ4n) is 10.8. The maximum atomic E-state index is 12.6. The van der Waals surface area contributed by atoms with Gasteiger partial charge in [0.15, 0.2) is 0 Å². The van der Waals surface area contributed by atoms with Gasteiger partial charge in [-0.15, -0.1) is 0 Å². The van der Waals surface area contributed by atoms with E-state index in [-0.39, 0.29) is 6.61 Å². The van der Waals surface area contributed by atoms with Gasteiger partial charge in [0.05, 0.1) is 18.8 Å². The van der Waals surface area contributed by atoms with Crippen LogP contribution >= 0.6 is 0 Å². The molecule has 0 rings (SSSR count). The smallest absolute Gasteiger partial charge is 0.249 e. The molecule has 5 heteroatoms. The van der Waals surface area contributed by atoms with Gasteiger partial charge in [0.1, 0.15) is 6.10 Å². The van der Waals surface area contributed by atoms with E-state index in [1.54, 1.807) is 6.08 Å². The molecule has 1 amide bonds. The number of hydrogen-bond donors (Lipinski definition) is 4. The molecule has 0 aromatic rings. The second-order valence-electron chi connectivity index (χ2n) is 23.4. The van der Waals surface area contributed by atoms with Gasteiger partial charge in [-0.3, -0.25) is 4.79 Å². The Morgan fingerprint density at radius 3 is 0.795 bits per heavy atom. The maximum absolute atomic E-state index is 12.6. The zero-order valence-electron chi connectivity index (χ0n) is 49.8. The Morgan fingerprint density at radius 1 is 0.329 bits per heavy atom. The van der Waals surface area contributed by atoms with Crippen LogP contribution in [0.2, 0.25) is 0 Å². The average Bonchev–Trinajstić information content (AvgIpc) is 3.40. The summed E-state index contributed by atoms with van der Waals surface area (Å²) in [5.41, 5.74) is 0. The molecule has 3 unspecified atom stereocenters. The van der Waals surface area contributed by atoms with Gasteiger partial charge in [-0.1, -0.05) is 359 Å². The zero-order valence-corrected chi connectivity index (χ0v) is 49.8. The molecular weight excluding hydrogens is 895 g/mol. The highest BCUT2D eigenvalue weighted by Crippen LogP contribution is 2.19. The van der Waals surface area contributed by atoms with Crippen molar-refractivity contribution in [2.45, 2.75) is 398 Å². The fraction of sp³-hybridized carbons (Fsp3) is 0.926. The lowest BCUT2D eigenvalue weighted by Crippen LogP contribution is -2.48. The molecule has 3 atom stereocenters. The highest BCUT2D eigenvalue weighted by molar-refractivity contribution is 5.80. The van der Waals surface area contributed by atoms with Crippen molar-refractivity contribution < 1.29 is 20.1 Å². The van der Waals surface area contributed by atoms with Crippen molar-refractivity contribution in [1.82, 2.24) is 5.32 Å². The topological polar surface area (TPSA) is 89.8 Å². The van der Waals surface area contributed by atoms with E-state index >= 15 is 0 Å². The molecule has 0 heterocycles. The van der Waals surface area contributed by atoms with Crippen molar-refractivity contribution in [3.8, 4) is 0 Å². The van der Waals surface area contributed by atoms with E-state index < -0.39 is 24.2 Å². The van der Waals surface area contributed by atoms with Crippen LogP contribution in [0.3, 0.4) is 0 Å². The van der Waals surface area contributed by atoms with Gasteiger partial charge < -0.3 is 20.6 Å². The summed E-state index contributed by atoms with van der Waals surface area (Å²) >= 11 is 0. The van der Waals surface area contributed by atoms with E-state index in [1.165, 1.54) is 327 Å². The molecule has 0 fully saturated rings. The molecule has 5 nitrogen and oxygen atoms in total. The first-order valence-electron chi connectivity index (χ1n) is 33.7. The van der Waals surface area contributed by atoms with Crippen LogP contribution in [0.4, 0.5) is 0 Å². The monoisotopic (exact) mass is 1030 g/mol. The van der Waals surface area contributed by atoms with Crippen molar-refractivity contribution in [2.75, 3.05) is 6.61 Å². The summed E-state index contributed by atoms with van der Waals surface area (Å²) in [6, 6.07) is -0.797. The quantitative estimate of drug-likeness (QED) is 0.0361. The standard InChI is InChI=1S/C68H133NO4/c1-3-5-7-9-11-13-15-17-19-21-23-25-26-27-28-29-30-31-32-33-34-35-36-37-38-39-40-41-43-45-47-49-51-53-55-57-59-61-63-67(72)68(73)69-65(64-70)66(71)62-60-58-56-54-52-50-48-46-44-42-24-22-20-18-16-14-12-10-8-6-4-2/h33-34,60,62,65-67,70-72H,3-32,35-59,61,63-64H2,1-2H3,(H,69,73)/b34-33-,62-60+. The highest BCUT2D eigenvalue weighted by atomic mass is 16.3. The third-order valence-corrected chi connectivity index (χ3v) is 16.0. The molecule has 0 aliphatic carbocycles. The van der Waals surface area contributed by atoms with Crippen molar-refractivity contribution in [2.24, 2.45) is 0 Å². The Balaban J connectivity index is 3.47. The lowest BCUT2D eigenvalue weighted by atomic mass is 10.0. The van der Waals surface area contributed by atoms with Crippen molar-refractivity contribution >= 4 is 5.91 Å². The molecule has 0 aliphatic rings. The Labute approximate surface area is 458 Å². The number of unbranched alkanes of at least 4 members (excludes halogenated alkanes) is 53. The molecular formula is C68H133NO4. The normalized spacial score (nSPS) is 13.2. The van der Waals surface area contributed by atoms with Gasteiger partial charge in [-0.05, 0) is 44.9 Å². The number of aliphatic hydroxyl groups is 3. The van der Waals surface area contributed by atoms with Crippen LogP contribution in [0.15, 0.2) is 24.3 Å². The van der Waals surface area contributed by atoms with E-state index in [1.807, 2.05) is 6.08 Å². The summed E-state index contributed by atoms with van der Waals surface area (Å²) in [6.45, 7) is 4.23. The second-order valence-corrected chi connectivity index (χ2v) is 23.4. The van der Waals surface area contributed by atoms with Crippen molar-refractivity contribution in [3.63, 3.8) is 0 Å². The Hall–Kier alpha value is -1.17. The summed E-state index contributed by atoms with van der Waals surface area (Å²) < 4.78 is 0. The summed E-state index contributed by atoms with van der Waals surface area (Å²) in [5, 5.41) is 33.5. The summed E-state index contributed by atoms with van der Waals surface area (Å²) in [4.78, 5) is 12.6. The number of hydrogen-bond acceptors (Lipinski definition) is 4. The first-order chi connectivity index (χ1) is 36.1. The van der Waals surface area contributed by atoms with Gasteiger partial charge in [0.25, 0.3) is 0 Å². The van der Waals surface area contributed by atoms with Crippen LogP contribution in [0.1, 0.15) is 380 Å². The lowest BCUT2D eigenvalue weighted by Gasteiger charge is -2.21. The molecule has 434 valence electrons. The van der Waals surface area contributed by atoms with E-state index in [2.05, 4.69) is 31.3 Å². The maximum Gasteiger partial charge on any atom is 0.249 e. The van der Waals surface area contributed by atoms with Crippen LogP contribution in [0.5, 0.6) is 0 Å². The second kappa shape index (κ2) is 63.4. The van der Waals surface area contributed by atoms with E-state index in [4.69, 9.17) is 0 Å². The Bertz CT molecular complexity index is 1090. The molecule has 0 radical (unpaired) electrons. The number of rotatable bonds is 63. The van der Waals surface area contributed by atoms with E-state index in [0.717, 1.165) is 32.1 Å². The first-order valence-corrected chi connectivity index (χ1v) is 33.7. The Morgan fingerprint density at radius 2 is 0.548 bits per heavy atom. The van der Waals surface area contributed by atoms with Crippen LogP contribution in [0, 0.1) is 0 Å². The van der Waals surface area contributed by atoms with Gasteiger partial charge in [-0.2, -0.15) is 0 Å². The van der Waals surface area contributed by atoms with Crippen molar-refractivity contribution in [1.29, 1.82) is 0 Å². The number of amides is 1. The minimum Gasteiger partial charge on any atom is -0.394 e. The van der Waals surface area contributed by atoms with Crippen LogP contribution in [-0.2, 0) is 4.79 Å². The van der Waals surface area contributed by atoms with E-state index in [0.29, 0.717) is 6.42 Å². The minimum absolute atomic E-state index is 0.360. The predicted molar refractivity (Wildman–Crippen MR) is 324 cm³/mol. The van der Waals surface area contributed by atoms with E-state index in [9.17, 15) is 20.1 Å². The lowest BCUT2D eigenvalue weighted by molar-refractivity contribution is -0.131. The summed E-state index contributed by atoms with van der Waals surface area (Å²) in [5.74, 6) is -0.496. The molecule has 0 saturated carbocycles. The first kappa shape index (κ1) is 71.8. The van der Waals surface area contributed by atoms with Crippen LogP contribution in [-0.4, -0.2) is 46.1 Å². The molecule has 4 N–H and O–H groups in total. The van der Waals surface area contributed by atoms with Crippen LogP contribution < -0.4 is 5.32 Å².